The van der Waals surface area contributed by atoms with E-state index < -0.39 is 9.84 Å². The number of hydrogen-bond donors (Lipinski definition) is 1. The van der Waals surface area contributed by atoms with Gasteiger partial charge in [0.05, 0.1) is 23.5 Å². The zero-order valence-electron chi connectivity index (χ0n) is 9.14. The van der Waals surface area contributed by atoms with Crippen molar-refractivity contribution in [1.82, 2.24) is 0 Å². The van der Waals surface area contributed by atoms with Gasteiger partial charge in [-0.2, -0.15) is 0 Å². The lowest BCUT2D eigenvalue weighted by Crippen LogP contribution is -2.52. The summed E-state index contributed by atoms with van der Waals surface area (Å²) in [4.78, 5) is 0.337. The van der Waals surface area contributed by atoms with E-state index in [9.17, 15) is 8.42 Å². The average Bonchev–Trinajstić information content (AvgIpc) is 2.16. The molecule has 1 aliphatic heterocycles. The van der Waals surface area contributed by atoms with E-state index >= 15 is 0 Å². The minimum Gasteiger partial charge on any atom is -0.379 e. The SMILES string of the molecule is CS(=O)(=O)c1ccc(C2(CN)COC2)cc1. The van der Waals surface area contributed by atoms with Crippen molar-refractivity contribution < 1.29 is 13.2 Å². The highest BCUT2D eigenvalue weighted by Crippen LogP contribution is 2.31. The lowest BCUT2D eigenvalue weighted by atomic mass is 9.79. The minimum atomic E-state index is -3.12. The first-order valence-electron chi connectivity index (χ1n) is 5.06. The summed E-state index contributed by atoms with van der Waals surface area (Å²) in [6.07, 6.45) is 1.20. The van der Waals surface area contributed by atoms with Crippen molar-refractivity contribution >= 4 is 9.84 Å². The maximum absolute atomic E-state index is 11.3. The molecule has 5 heteroatoms. The second kappa shape index (κ2) is 3.84. The van der Waals surface area contributed by atoms with Gasteiger partial charge in [-0.05, 0) is 17.7 Å². The third-order valence-corrected chi connectivity index (χ3v) is 4.17. The molecular weight excluding hydrogens is 226 g/mol. The van der Waals surface area contributed by atoms with E-state index in [4.69, 9.17) is 10.5 Å². The van der Waals surface area contributed by atoms with Crippen LogP contribution in [0.15, 0.2) is 29.2 Å². The third kappa shape index (κ3) is 1.86. The standard InChI is InChI=1S/C11H15NO3S/c1-16(13,14)10-4-2-9(3-5-10)11(6-12)7-15-8-11/h2-5H,6-8,12H2,1H3. The van der Waals surface area contributed by atoms with Crippen molar-refractivity contribution in [2.24, 2.45) is 5.73 Å². The molecule has 16 heavy (non-hydrogen) atoms. The molecule has 2 rings (SSSR count). The van der Waals surface area contributed by atoms with Gasteiger partial charge in [-0.3, -0.25) is 0 Å². The van der Waals surface area contributed by atoms with Crippen LogP contribution in [0.1, 0.15) is 5.56 Å². The zero-order valence-corrected chi connectivity index (χ0v) is 9.96. The van der Waals surface area contributed by atoms with Crippen LogP contribution >= 0.6 is 0 Å². The van der Waals surface area contributed by atoms with Crippen molar-refractivity contribution in [2.45, 2.75) is 10.3 Å². The van der Waals surface area contributed by atoms with Gasteiger partial charge in [0.15, 0.2) is 9.84 Å². The van der Waals surface area contributed by atoms with E-state index in [0.29, 0.717) is 24.7 Å². The fourth-order valence-corrected chi connectivity index (χ4v) is 2.44. The summed E-state index contributed by atoms with van der Waals surface area (Å²) in [5, 5.41) is 0. The number of rotatable bonds is 3. The topological polar surface area (TPSA) is 69.4 Å². The highest BCUT2D eigenvalue weighted by atomic mass is 32.2. The summed E-state index contributed by atoms with van der Waals surface area (Å²) < 4.78 is 27.8. The first-order chi connectivity index (χ1) is 7.48. The van der Waals surface area contributed by atoms with Crippen LogP contribution in [0, 0.1) is 0 Å². The Morgan fingerprint density at radius 1 is 1.31 bits per heavy atom. The largest absolute Gasteiger partial charge is 0.379 e. The van der Waals surface area contributed by atoms with Crippen LogP contribution in [0.4, 0.5) is 0 Å². The van der Waals surface area contributed by atoms with E-state index in [-0.39, 0.29) is 5.41 Å². The van der Waals surface area contributed by atoms with E-state index in [1.54, 1.807) is 12.1 Å². The molecule has 88 valence electrons. The lowest BCUT2D eigenvalue weighted by Gasteiger charge is -2.41. The van der Waals surface area contributed by atoms with Crippen LogP contribution in [0.2, 0.25) is 0 Å². The van der Waals surface area contributed by atoms with Gasteiger partial charge in [0.2, 0.25) is 0 Å². The molecule has 2 N–H and O–H groups in total. The number of hydrogen-bond acceptors (Lipinski definition) is 4. The van der Waals surface area contributed by atoms with E-state index in [1.807, 2.05) is 12.1 Å². The average molecular weight is 241 g/mol. The molecule has 1 heterocycles. The summed E-state index contributed by atoms with van der Waals surface area (Å²) >= 11 is 0. The molecule has 0 aliphatic carbocycles. The van der Waals surface area contributed by atoms with Gasteiger partial charge in [-0.1, -0.05) is 12.1 Å². The Bertz CT molecular complexity index is 469. The zero-order chi connectivity index (χ0) is 11.8. The van der Waals surface area contributed by atoms with E-state index in [0.717, 1.165) is 5.56 Å². The number of sulfone groups is 1. The molecular formula is C11H15NO3S. The van der Waals surface area contributed by atoms with Gasteiger partial charge in [-0.15, -0.1) is 0 Å². The van der Waals surface area contributed by atoms with Gasteiger partial charge in [0, 0.05) is 12.8 Å². The quantitative estimate of drug-likeness (QED) is 0.827. The molecule has 1 aromatic rings. The Morgan fingerprint density at radius 3 is 2.19 bits per heavy atom. The normalized spacial score (nSPS) is 19.1. The Hall–Kier alpha value is -0.910. The molecule has 0 radical (unpaired) electrons. The van der Waals surface area contributed by atoms with E-state index in [2.05, 4.69) is 0 Å². The molecule has 0 spiro atoms. The predicted octanol–water partition coefficient (Wildman–Crippen LogP) is 0.317. The van der Waals surface area contributed by atoms with Crippen molar-refractivity contribution in [3.63, 3.8) is 0 Å². The van der Waals surface area contributed by atoms with Crippen molar-refractivity contribution in [1.29, 1.82) is 0 Å². The highest BCUT2D eigenvalue weighted by Gasteiger charge is 2.38. The van der Waals surface area contributed by atoms with Crippen molar-refractivity contribution in [3.8, 4) is 0 Å². The first kappa shape index (κ1) is 11.6. The molecule has 1 saturated heterocycles. The maximum atomic E-state index is 11.3. The van der Waals surface area contributed by atoms with Gasteiger partial charge >= 0.3 is 0 Å². The summed E-state index contributed by atoms with van der Waals surface area (Å²) in [6, 6.07) is 6.90. The molecule has 1 aromatic carbocycles. The van der Waals surface area contributed by atoms with Crippen molar-refractivity contribution in [2.75, 3.05) is 26.0 Å². The fourth-order valence-electron chi connectivity index (χ4n) is 1.81. The molecule has 1 aliphatic rings. The Labute approximate surface area is 95.3 Å². The van der Waals surface area contributed by atoms with Crippen LogP contribution in [0.3, 0.4) is 0 Å². The highest BCUT2D eigenvalue weighted by molar-refractivity contribution is 7.90. The van der Waals surface area contributed by atoms with Crippen LogP contribution in [-0.2, 0) is 20.0 Å². The molecule has 0 bridgehead atoms. The van der Waals surface area contributed by atoms with Crippen molar-refractivity contribution in [3.05, 3.63) is 29.8 Å². The molecule has 0 atom stereocenters. The number of ether oxygens (including phenoxy) is 1. The Morgan fingerprint density at radius 2 is 1.88 bits per heavy atom. The third-order valence-electron chi connectivity index (χ3n) is 3.04. The predicted molar refractivity (Wildman–Crippen MR) is 61.1 cm³/mol. The number of benzene rings is 1. The molecule has 1 fully saturated rings. The second-order valence-corrected chi connectivity index (χ2v) is 6.29. The molecule has 0 saturated carbocycles. The second-order valence-electron chi connectivity index (χ2n) is 4.27. The molecule has 4 nitrogen and oxygen atoms in total. The minimum absolute atomic E-state index is 0.115. The molecule has 0 aromatic heterocycles. The Balaban J connectivity index is 2.33. The summed E-state index contributed by atoms with van der Waals surface area (Å²) in [6.45, 7) is 1.74. The smallest absolute Gasteiger partial charge is 0.175 e. The summed E-state index contributed by atoms with van der Waals surface area (Å²) in [5.74, 6) is 0. The van der Waals surface area contributed by atoms with Gasteiger partial charge in [-0.25, -0.2) is 8.42 Å². The maximum Gasteiger partial charge on any atom is 0.175 e. The first-order valence-corrected chi connectivity index (χ1v) is 6.95. The molecule has 0 amide bonds. The summed E-state index contributed by atoms with van der Waals surface area (Å²) in [7, 11) is -3.12. The summed E-state index contributed by atoms with van der Waals surface area (Å²) in [5.41, 5.74) is 6.66. The van der Waals surface area contributed by atoms with Gasteiger partial charge in [0.1, 0.15) is 0 Å². The van der Waals surface area contributed by atoms with Gasteiger partial charge in [0.25, 0.3) is 0 Å². The fraction of sp³-hybridized carbons (Fsp3) is 0.455. The van der Waals surface area contributed by atoms with Gasteiger partial charge < -0.3 is 10.5 Å². The van der Waals surface area contributed by atoms with Crippen LogP contribution in [-0.4, -0.2) is 34.4 Å². The Kier molecular flexibility index (Phi) is 2.77. The number of nitrogens with two attached hydrogens (primary N) is 1. The lowest BCUT2D eigenvalue weighted by molar-refractivity contribution is -0.0550. The van der Waals surface area contributed by atoms with Crippen LogP contribution < -0.4 is 5.73 Å². The van der Waals surface area contributed by atoms with Crippen LogP contribution in [0.25, 0.3) is 0 Å². The monoisotopic (exact) mass is 241 g/mol. The van der Waals surface area contributed by atoms with Crippen LogP contribution in [0.5, 0.6) is 0 Å². The molecule has 0 unspecified atom stereocenters. The van der Waals surface area contributed by atoms with E-state index in [1.165, 1.54) is 6.26 Å².